The number of ether oxygens (including phenoxy) is 1. The lowest BCUT2D eigenvalue weighted by Crippen LogP contribution is -2.13. The number of carbonyl (C=O) groups is 1. The molecule has 0 amide bonds. The first-order chi connectivity index (χ1) is 7.34. The summed E-state index contributed by atoms with van der Waals surface area (Å²) < 4.78 is 40.8. The molecule has 0 atom stereocenters. The predicted molar refractivity (Wildman–Crippen MR) is 47.8 cm³/mol. The number of esters is 1. The van der Waals surface area contributed by atoms with E-state index in [1.54, 1.807) is 0 Å². The number of aromatic nitrogens is 2. The minimum Gasteiger partial charge on any atom is -0.469 e. The van der Waals surface area contributed by atoms with E-state index in [4.69, 9.17) is 11.6 Å². The maximum absolute atomic E-state index is 12.2. The Morgan fingerprint density at radius 3 is 2.62 bits per heavy atom. The van der Waals surface area contributed by atoms with Gasteiger partial charge in [-0.15, -0.1) is 0 Å². The van der Waals surface area contributed by atoms with Gasteiger partial charge in [0.1, 0.15) is 5.15 Å². The van der Waals surface area contributed by atoms with Crippen LogP contribution in [0, 0.1) is 0 Å². The van der Waals surface area contributed by atoms with Crippen LogP contribution in [0.25, 0.3) is 0 Å². The second kappa shape index (κ2) is 4.65. The van der Waals surface area contributed by atoms with Gasteiger partial charge in [-0.2, -0.15) is 13.2 Å². The summed E-state index contributed by atoms with van der Waals surface area (Å²) in [4.78, 5) is 17.0. The summed E-state index contributed by atoms with van der Waals surface area (Å²) in [7, 11) is 1.15. The molecule has 0 fully saturated rings. The average molecular weight is 255 g/mol. The van der Waals surface area contributed by atoms with Crippen LogP contribution in [-0.2, 0) is 22.1 Å². The zero-order valence-corrected chi connectivity index (χ0v) is 8.76. The lowest BCUT2D eigenvalue weighted by Gasteiger charge is -2.06. The van der Waals surface area contributed by atoms with E-state index in [0.717, 1.165) is 13.3 Å². The van der Waals surface area contributed by atoms with Gasteiger partial charge in [-0.25, -0.2) is 9.97 Å². The van der Waals surface area contributed by atoms with Gasteiger partial charge in [0.2, 0.25) is 5.82 Å². The van der Waals surface area contributed by atoms with Crippen molar-refractivity contribution in [3.05, 3.63) is 22.7 Å². The summed E-state index contributed by atoms with van der Waals surface area (Å²) in [5, 5.41) is -0.410. The number of halogens is 4. The molecule has 4 nitrogen and oxygen atoms in total. The van der Waals surface area contributed by atoms with E-state index >= 15 is 0 Å². The Bertz CT molecular complexity index is 409. The largest absolute Gasteiger partial charge is 0.469 e. The maximum atomic E-state index is 12.2. The van der Waals surface area contributed by atoms with Gasteiger partial charge in [0, 0.05) is 11.8 Å². The van der Waals surface area contributed by atoms with Gasteiger partial charge in [-0.05, 0) is 0 Å². The van der Waals surface area contributed by atoms with Crippen LogP contribution in [0.1, 0.15) is 11.4 Å². The fraction of sp³-hybridized carbons (Fsp3) is 0.375. The maximum Gasteiger partial charge on any atom is 0.451 e. The van der Waals surface area contributed by atoms with Crippen molar-refractivity contribution in [3.63, 3.8) is 0 Å². The molecule has 0 aliphatic heterocycles. The van der Waals surface area contributed by atoms with Crippen LogP contribution in [-0.4, -0.2) is 23.0 Å². The van der Waals surface area contributed by atoms with E-state index in [1.807, 2.05) is 0 Å². The van der Waals surface area contributed by atoms with E-state index in [9.17, 15) is 18.0 Å². The summed E-state index contributed by atoms with van der Waals surface area (Å²) in [6.45, 7) is 0. The SMILES string of the molecule is COC(=O)Cc1cnc(C(F)(F)F)nc1Cl. The Morgan fingerprint density at radius 1 is 1.56 bits per heavy atom. The molecule has 1 aromatic heterocycles. The summed E-state index contributed by atoms with van der Waals surface area (Å²) >= 11 is 5.48. The molecule has 8 heteroatoms. The van der Waals surface area contributed by atoms with Crippen LogP contribution in [0.5, 0.6) is 0 Å². The van der Waals surface area contributed by atoms with Crippen molar-refractivity contribution in [3.8, 4) is 0 Å². The van der Waals surface area contributed by atoms with Crippen molar-refractivity contribution in [2.45, 2.75) is 12.6 Å². The normalized spacial score (nSPS) is 11.3. The van der Waals surface area contributed by atoms with Crippen LogP contribution in [0.3, 0.4) is 0 Å². The highest BCUT2D eigenvalue weighted by molar-refractivity contribution is 6.30. The predicted octanol–water partition coefficient (Wildman–Crippen LogP) is 1.86. The lowest BCUT2D eigenvalue weighted by atomic mass is 10.2. The third-order valence-corrected chi connectivity index (χ3v) is 1.95. The van der Waals surface area contributed by atoms with Crippen molar-refractivity contribution in [1.82, 2.24) is 9.97 Å². The van der Waals surface area contributed by atoms with Crippen LogP contribution >= 0.6 is 11.6 Å². The van der Waals surface area contributed by atoms with Crippen LogP contribution in [0.2, 0.25) is 5.15 Å². The molecule has 0 aliphatic rings. The molecule has 0 saturated carbocycles. The summed E-state index contributed by atoms with van der Waals surface area (Å²) in [5.41, 5.74) is 0.0847. The second-order valence-electron chi connectivity index (χ2n) is 2.76. The summed E-state index contributed by atoms with van der Waals surface area (Å²) in [6.07, 6.45) is -4.07. The molecule has 16 heavy (non-hydrogen) atoms. The third kappa shape index (κ3) is 3.06. The van der Waals surface area contributed by atoms with Crippen LogP contribution < -0.4 is 0 Å². The number of nitrogens with zero attached hydrogens (tertiary/aromatic N) is 2. The van der Waals surface area contributed by atoms with Gasteiger partial charge >= 0.3 is 12.1 Å². The van der Waals surface area contributed by atoms with Crippen LogP contribution in [0.4, 0.5) is 13.2 Å². The Morgan fingerprint density at radius 2 is 2.19 bits per heavy atom. The molecular formula is C8H6ClF3N2O2. The third-order valence-electron chi connectivity index (χ3n) is 1.63. The number of methoxy groups -OCH3 is 1. The Hall–Kier alpha value is -1.37. The number of rotatable bonds is 2. The molecule has 0 spiro atoms. The summed E-state index contributed by atoms with van der Waals surface area (Å²) in [5.74, 6) is -1.98. The first-order valence-corrected chi connectivity index (χ1v) is 4.38. The average Bonchev–Trinajstić information content (AvgIpc) is 2.19. The lowest BCUT2D eigenvalue weighted by molar-refractivity contribution is -0.145. The van der Waals surface area contributed by atoms with Gasteiger partial charge in [0.15, 0.2) is 0 Å². The summed E-state index contributed by atoms with van der Waals surface area (Å²) in [6, 6.07) is 0. The fourth-order valence-electron chi connectivity index (χ4n) is 0.869. The van der Waals surface area contributed by atoms with Gasteiger partial charge in [0.25, 0.3) is 0 Å². The smallest absolute Gasteiger partial charge is 0.451 e. The van der Waals surface area contributed by atoms with Crippen molar-refractivity contribution in [2.24, 2.45) is 0 Å². The highest BCUT2D eigenvalue weighted by atomic mass is 35.5. The molecule has 88 valence electrons. The molecule has 0 N–H and O–H groups in total. The molecule has 0 radical (unpaired) electrons. The zero-order chi connectivity index (χ0) is 12.3. The second-order valence-corrected chi connectivity index (χ2v) is 3.12. The number of hydrogen-bond acceptors (Lipinski definition) is 4. The van der Waals surface area contributed by atoms with Crippen LogP contribution in [0.15, 0.2) is 6.20 Å². The standard InChI is InChI=1S/C8H6ClF3N2O2/c1-16-5(15)2-4-3-13-7(8(10,11)12)14-6(4)9/h3H,2H2,1H3. The Kier molecular flexibility index (Phi) is 3.69. The van der Waals surface area contributed by atoms with E-state index < -0.39 is 23.1 Å². The molecule has 0 aromatic carbocycles. The monoisotopic (exact) mass is 254 g/mol. The molecule has 0 bridgehead atoms. The highest BCUT2D eigenvalue weighted by Gasteiger charge is 2.35. The van der Waals surface area contributed by atoms with Gasteiger partial charge in [-0.3, -0.25) is 4.79 Å². The molecule has 1 aromatic rings. The van der Waals surface area contributed by atoms with E-state index in [2.05, 4.69) is 14.7 Å². The molecule has 0 aliphatic carbocycles. The Balaban J connectivity index is 2.96. The molecule has 0 saturated heterocycles. The quantitative estimate of drug-likeness (QED) is 0.597. The minimum absolute atomic E-state index is 0.0847. The minimum atomic E-state index is -4.66. The van der Waals surface area contributed by atoms with E-state index in [1.165, 1.54) is 0 Å². The van der Waals surface area contributed by atoms with Crippen molar-refractivity contribution < 1.29 is 22.7 Å². The molecule has 1 rings (SSSR count). The number of carbonyl (C=O) groups excluding carboxylic acids is 1. The van der Waals surface area contributed by atoms with Crippen molar-refractivity contribution >= 4 is 17.6 Å². The van der Waals surface area contributed by atoms with E-state index in [-0.39, 0.29) is 12.0 Å². The number of alkyl halides is 3. The van der Waals surface area contributed by atoms with Gasteiger partial charge in [0.05, 0.1) is 13.5 Å². The fourth-order valence-corrected chi connectivity index (χ4v) is 1.06. The van der Waals surface area contributed by atoms with Gasteiger partial charge in [-0.1, -0.05) is 11.6 Å². The molecule has 0 unspecified atom stereocenters. The molecular weight excluding hydrogens is 249 g/mol. The van der Waals surface area contributed by atoms with Crippen molar-refractivity contribution in [2.75, 3.05) is 7.11 Å². The van der Waals surface area contributed by atoms with Crippen molar-refractivity contribution in [1.29, 1.82) is 0 Å². The zero-order valence-electron chi connectivity index (χ0n) is 8.01. The Labute approximate surface area is 93.4 Å². The topological polar surface area (TPSA) is 52.1 Å². The molecule has 1 heterocycles. The van der Waals surface area contributed by atoms with Gasteiger partial charge < -0.3 is 4.74 Å². The number of hydrogen-bond donors (Lipinski definition) is 0. The van der Waals surface area contributed by atoms with E-state index in [0.29, 0.717) is 0 Å². The highest BCUT2D eigenvalue weighted by Crippen LogP contribution is 2.27. The first kappa shape index (κ1) is 12.7. The first-order valence-electron chi connectivity index (χ1n) is 4.00.